The van der Waals surface area contributed by atoms with Crippen LogP contribution in [-0.4, -0.2) is 13.7 Å². The maximum atomic E-state index is 5.68. The fourth-order valence-electron chi connectivity index (χ4n) is 1.40. The highest BCUT2D eigenvalue weighted by molar-refractivity contribution is 5.28. The molecule has 1 aromatic rings. The van der Waals surface area contributed by atoms with Crippen LogP contribution in [0.4, 0.5) is 0 Å². The van der Waals surface area contributed by atoms with E-state index in [1.165, 1.54) is 18.4 Å². The first-order valence-electron chi connectivity index (χ1n) is 5.36. The number of ether oxygens (including phenoxy) is 1. The van der Waals surface area contributed by atoms with Crippen LogP contribution in [0.3, 0.4) is 0 Å². The van der Waals surface area contributed by atoms with Crippen molar-refractivity contribution in [2.45, 2.75) is 19.4 Å². The second-order valence-electron chi connectivity index (χ2n) is 3.93. The first kappa shape index (κ1) is 10.5. The Kier molecular flexibility index (Phi) is 3.59. The third-order valence-corrected chi connectivity index (χ3v) is 2.50. The predicted octanol–water partition coefficient (Wildman–Crippen LogP) is 2.13. The van der Waals surface area contributed by atoms with E-state index in [2.05, 4.69) is 17.6 Å². The zero-order valence-corrected chi connectivity index (χ0v) is 9.03. The van der Waals surface area contributed by atoms with Crippen molar-refractivity contribution >= 4 is 0 Å². The molecular weight excluding hydrogens is 190 g/mol. The van der Waals surface area contributed by atoms with E-state index in [9.17, 15) is 0 Å². The summed E-state index contributed by atoms with van der Waals surface area (Å²) in [5.74, 6) is 1.75. The van der Waals surface area contributed by atoms with Crippen LogP contribution < -0.4 is 10.2 Å². The summed E-state index contributed by atoms with van der Waals surface area (Å²) in [6, 6.07) is 8.11. The van der Waals surface area contributed by atoms with Crippen molar-refractivity contribution in [3.63, 3.8) is 0 Å². The molecule has 0 aromatic heterocycles. The van der Waals surface area contributed by atoms with E-state index in [0.717, 1.165) is 18.3 Å². The number of rotatable bonds is 6. The van der Waals surface area contributed by atoms with Gasteiger partial charge in [-0.2, -0.15) is 5.48 Å². The minimum atomic E-state index is 0.705. The number of hydroxylamine groups is 1. The highest BCUT2D eigenvalue weighted by Gasteiger charge is 2.21. The number of hydrogen-bond acceptors (Lipinski definition) is 3. The summed E-state index contributed by atoms with van der Waals surface area (Å²) in [7, 11) is 1.62. The minimum absolute atomic E-state index is 0.705. The molecule has 0 saturated heterocycles. The van der Waals surface area contributed by atoms with Gasteiger partial charge in [0, 0.05) is 6.54 Å². The Hall–Kier alpha value is -1.06. The van der Waals surface area contributed by atoms with Crippen molar-refractivity contribution in [1.29, 1.82) is 0 Å². The minimum Gasteiger partial charge on any atom is -0.493 e. The molecule has 0 bridgehead atoms. The first-order valence-corrected chi connectivity index (χ1v) is 5.36. The molecule has 3 nitrogen and oxygen atoms in total. The molecular formula is C12H17NO2. The van der Waals surface area contributed by atoms with E-state index in [1.54, 1.807) is 7.11 Å². The van der Waals surface area contributed by atoms with Crippen molar-refractivity contribution in [3.05, 3.63) is 29.8 Å². The van der Waals surface area contributed by atoms with Crippen LogP contribution in [0.2, 0.25) is 0 Å². The largest absolute Gasteiger partial charge is 0.493 e. The first-order chi connectivity index (χ1) is 7.38. The molecule has 1 aliphatic carbocycles. The van der Waals surface area contributed by atoms with E-state index < -0.39 is 0 Å². The van der Waals surface area contributed by atoms with Gasteiger partial charge < -0.3 is 9.57 Å². The van der Waals surface area contributed by atoms with E-state index in [4.69, 9.17) is 9.57 Å². The lowest BCUT2D eigenvalue weighted by molar-refractivity contribution is 0.0866. The molecule has 1 aliphatic rings. The van der Waals surface area contributed by atoms with Crippen molar-refractivity contribution < 1.29 is 9.57 Å². The van der Waals surface area contributed by atoms with Crippen LogP contribution in [0.15, 0.2) is 24.3 Å². The van der Waals surface area contributed by atoms with Crippen molar-refractivity contribution in [1.82, 2.24) is 5.48 Å². The van der Waals surface area contributed by atoms with E-state index in [1.807, 2.05) is 12.1 Å². The number of hydrogen-bond donors (Lipinski definition) is 1. The zero-order chi connectivity index (χ0) is 10.5. The van der Waals surface area contributed by atoms with Crippen molar-refractivity contribution in [2.75, 3.05) is 13.7 Å². The third kappa shape index (κ3) is 3.53. The molecule has 0 radical (unpaired) electrons. The maximum absolute atomic E-state index is 5.68. The molecule has 0 unspecified atom stereocenters. The van der Waals surface area contributed by atoms with Gasteiger partial charge >= 0.3 is 0 Å². The van der Waals surface area contributed by atoms with Crippen LogP contribution in [-0.2, 0) is 11.4 Å². The topological polar surface area (TPSA) is 30.5 Å². The summed E-state index contributed by atoms with van der Waals surface area (Å²) in [6.07, 6.45) is 2.65. The highest BCUT2D eigenvalue weighted by Crippen LogP contribution is 2.29. The quantitative estimate of drug-likeness (QED) is 0.725. The fraction of sp³-hybridized carbons (Fsp3) is 0.500. The average molecular weight is 207 g/mol. The van der Waals surface area contributed by atoms with Crippen LogP contribution in [0.5, 0.6) is 5.75 Å². The molecule has 1 aromatic carbocycles. The molecule has 15 heavy (non-hydrogen) atoms. The summed E-state index contributed by atoms with van der Waals surface area (Å²) in [5.41, 5.74) is 3.98. The fourth-order valence-corrected chi connectivity index (χ4v) is 1.40. The molecule has 0 aliphatic heterocycles. The Morgan fingerprint density at radius 3 is 3.00 bits per heavy atom. The van der Waals surface area contributed by atoms with Gasteiger partial charge in [0.05, 0.1) is 13.7 Å². The van der Waals surface area contributed by atoms with Gasteiger partial charge in [-0.3, -0.25) is 0 Å². The van der Waals surface area contributed by atoms with Gasteiger partial charge in [-0.1, -0.05) is 12.1 Å². The van der Waals surface area contributed by atoms with Crippen molar-refractivity contribution in [2.24, 2.45) is 5.92 Å². The van der Waals surface area contributed by atoms with Crippen LogP contribution in [0.25, 0.3) is 0 Å². The number of nitrogens with one attached hydrogen (secondary N) is 1. The Morgan fingerprint density at radius 2 is 2.27 bits per heavy atom. The SMILES string of the molecule is CONCc1cccc(OCC2CC2)c1. The molecule has 1 fully saturated rings. The smallest absolute Gasteiger partial charge is 0.119 e. The van der Waals surface area contributed by atoms with Gasteiger partial charge in [-0.05, 0) is 36.5 Å². The summed E-state index contributed by atoms with van der Waals surface area (Å²) >= 11 is 0. The molecule has 3 heteroatoms. The maximum Gasteiger partial charge on any atom is 0.119 e. The third-order valence-electron chi connectivity index (χ3n) is 2.50. The summed E-state index contributed by atoms with van der Waals surface area (Å²) in [4.78, 5) is 4.80. The van der Waals surface area contributed by atoms with Crippen LogP contribution >= 0.6 is 0 Å². The lowest BCUT2D eigenvalue weighted by Crippen LogP contribution is -2.10. The standard InChI is InChI=1S/C12H17NO2/c1-14-13-8-11-3-2-4-12(7-11)15-9-10-5-6-10/h2-4,7,10,13H,5-6,8-9H2,1H3. The molecule has 1 N–H and O–H groups in total. The Bertz CT molecular complexity index is 310. The summed E-state index contributed by atoms with van der Waals surface area (Å²) in [6.45, 7) is 1.57. The summed E-state index contributed by atoms with van der Waals surface area (Å²) < 4.78 is 5.68. The molecule has 0 atom stereocenters. The lowest BCUT2D eigenvalue weighted by Gasteiger charge is -2.07. The molecule has 1 saturated carbocycles. The average Bonchev–Trinajstić information content (AvgIpc) is 3.08. The normalized spacial score (nSPS) is 15.3. The van der Waals surface area contributed by atoms with Gasteiger partial charge in [-0.15, -0.1) is 0 Å². The molecule has 0 heterocycles. The second kappa shape index (κ2) is 5.14. The second-order valence-corrected chi connectivity index (χ2v) is 3.93. The van der Waals surface area contributed by atoms with Crippen LogP contribution in [0, 0.1) is 5.92 Å². The van der Waals surface area contributed by atoms with Gasteiger partial charge in [-0.25, -0.2) is 0 Å². The van der Waals surface area contributed by atoms with E-state index in [-0.39, 0.29) is 0 Å². The van der Waals surface area contributed by atoms with Gasteiger partial charge in [0.2, 0.25) is 0 Å². The Labute approximate surface area is 90.3 Å². The van der Waals surface area contributed by atoms with Gasteiger partial charge in [0.1, 0.15) is 5.75 Å². The Morgan fingerprint density at radius 1 is 1.40 bits per heavy atom. The molecule has 0 amide bonds. The van der Waals surface area contributed by atoms with Gasteiger partial charge in [0.15, 0.2) is 0 Å². The van der Waals surface area contributed by atoms with Crippen LogP contribution in [0.1, 0.15) is 18.4 Å². The number of benzene rings is 1. The van der Waals surface area contributed by atoms with Crippen molar-refractivity contribution in [3.8, 4) is 5.75 Å². The van der Waals surface area contributed by atoms with E-state index in [0.29, 0.717) is 6.54 Å². The monoisotopic (exact) mass is 207 g/mol. The molecule has 82 valence electrons. The molecule has 2 rings (SSSR count). The van der Waals surface area contributed by atoms with E-state index >= 15 is 0 Å². The highest BCUT2D eigenvalue weighted by atomic mass is 16.6. The zero-order valence-electron chi connectivity index (χ0n) is 9.03. The Balaban J connectivity index is 1.85. The van der Waals surface area contributed by atoms with Gasteiger partial charge in [0.25, 0.3) is 0 Å². The summed E-state index contributed by atoms with van der Waals surface area (Å²) in [5, 5.41) is 0. The lowest BCUT2D eigenvalue weighted by atomic mass is 10.2. The predicted molar refractivity (Wildman–Crippen MR) is 58.5 cm³/mol. The molecule has 0 spiro atoms.